The van der Waals surface area contributed by atoms with E-state index in [2.05, 4.69) is 48.4 Å². The lowest BCUT2D eigenvalue weighted by Crippen LogP contribution is -2.22. The molecular formula is C14H19N3. The van der Waals surface area contributed by atoms with Crippen LogP contribution < -0.4 is 5.32 Å². The molecule has 0 saturated carbocycles. The molecule has 3 nitrogen and oxygen atoms in total. The lowest BCUT2D eigenvalue weighted by Gasteiger charge is -2.11. The number of aryl methyl sites for hydroxylation is 1. The summed E-state index contributed by atoms with van der Waals surface area (Å²) in [6, 6.07) is 8.90. The van der Waals surface area contributed by atoms with Gasteiger partial charge in [0, 0.05) is 31.4 Å². The summed E-state index contributed by atoms with van der Waals surface area (Å²) in [7, 11) is 1.99. The average Bonchev–Trinajstić information content (AvgIpc) is 2.73. The minimum atomic E-state index is 0.492. The van der Waals surface area contributed by atoms with Gasteiger partial charge in [0.25, 0.3) is 0 Å². The number of hydrogen-bond acceptors (Lipinski definition) is 2. The van der Waals surface area contributed by atoms with E-state index < -0.39 is 0 Å². The third kappa shape index (κ3) is 2.94. The Bertz CT molecular complexity index is 486. The van der Waals surface area contributed by atoms with E-state index in [1.807, 2.05) is 24.1 Å². The van der Waals surface area contributed by atoms with E-state index in [1.165, 1.54) is 11.1 Å². The fourth-order valence-electron chi connectivity index (χ4n) is 1.79. The Hall–Kier alpha value is -1.61. The van der Waals surface area contributed by atoms with E-state index in [1.54, 1.807) is 0 Å². The maximum atomic E-state index is 4.41. The molecule has 17 heavy (non-hydrogen) atoms. The largest absolute Gasteiger partial charge is 0.340 e. The lowest BCUT2D eigenvalue weighted by atomic mass is 10.0. The normalized spacial score (nSPS) is 11.1. The molecule has 1 heterocycles. The third-order valence-corrected chi connectivity index (χ3v) is 2.70. The van der Waals surface area contributed by atoms with Crippen LogP contribution in [0.5, 0.6) is 0 Å². The minimum absolute atomic E-state index is 0.492. The van der Waals surface area contributed by atoms with E-state index >= 15 is 0 Å². The first-order chi connectivity index (χ1) is 8.16. The van der Waals surface area contributed by atoms with Crippen LogP contribution in [0.25, 0.3) is 11.3 Å². The van der Waals surface area contributed by atoms with E-state index in [9.17, 15) is 0 Å². The smallest absolute Gasteiger partial charge is 0.0951 e. The zero-order chi connectivity index (χ0) is 12.3. The van der Waals surface area contributed by atoms with Gasteiger partial charge in [-0.1, -0.05) is 38.1 Å². The van der Waals surface area contributed by atoms with Crippen molar-refractivity contribution in [1.82, 2.24) is 14.9 Å². The third-order valence-electron chi connectivity index (χ3n) is 2.70. The Labute approximate surface area is 103 Å². The van der Waals surface area contributed by atoms with Crippen LogP contribution in [0.2, 0.25) is 0 Å². The van der Waals surface area contributed by atoms with Crippen LogP contribution in [0.4, 0.5) is 0 Å². The van der Waals surface area contributed by atoms with E-state index in [4.69, 9.17) is 0 Å². The summed E-state index contributed by atoms with van der Waals surface area (Å²) in [6.07, 6.45) is 3.89. The molecule has 0 aliphatic heterocycles. The highest BCUT2D eigenvalue weighted by Gasteiger charge is 2.06. The molecule has 1 aromatic heterocycles. The Morgan fingerprint density at radius 1 is 1.29 bits per heavy atom. The topological polar surface area (TPSA) is 29.9 Å². The van der Waals surface area contributed by atoms with Crippen LogP contribution in [-0.4, -0.2) is 15.6 Å². The fraction of sp³-hybridized carbons (Fsp3) is 0.357. The van der Waals surface area contributed by atoms with Crippen LogP contribution in [0.3, 0.4) is 0 Å². The van der Waals surface area contributed by atoms with Crippen molar-refractivity contribution in [2.45, 2.75) is 26.4 Å². The molecule has 0 amide bonds. The molecular weight excluding hydrogens is 210 g/mol. The summed E-state index contributed by atoms with van der Waals surface area (Å²) in [5.41, 5.74) is 3.54. The van der Waals surface area contributed by atoms with Crippen molar-refractivity contribution >= 4 is 0 Å². The molecule has 1 N–H and O–H groups in total. The quantitative estimate of drug-likeness (QED) is 0.873. The Balaban J connectivity index is 2.27. The summed E-state index contributed by atoms with van der Waals surface area (Å²) in [6.45, 7) is 5.19. The van der Waals surface area contributed by atoms with Crippen molar-refractivity contribution in [2.75, 3.05) is 0 Å². The van der Waals surface area contributed by atoms with Crippen molar-refractivity contribution in [3.8, 4) is 11.3 Å². The second-order valence-electron chi connectivity index (χ2n) is 4.62. The number of rotatable bonds is 4. The molecule has 0 bridgehead atoms. The van der Waals surface area contributed by atoms with Crippen molar-refractivity contribution in [1.29, 1.82) is 0 Å². The number of hydrogen-bond donors (Lipinski definition) is 1. The SMILES string of the molecule is CC(C)NCc1ccccc1-c1cn(C)cn1. The van der Waals surface area contributed by atoms with Gasteiger partial charge in [0.1, 0.15) is 0 Å². The van der Waals surface area contributed by atoms with Gasteiger partial charge in [-0.15, -0.1) is 0 Å². The summed E-state index contributed by atoms with van der Waals surface area (Å²) >= 11 is 0. The first kappa shape index (κ1) is 11.9. The van der Waals surface area contributed by atoms with Gasteiger partial charge in [-0.25, -0.2) is 4.98 Å². The minimum Gasteiger partial charge on any atom is -0.340 e. The average molecular weight is 229 g/mol. The maximum absolute atomic E-state index is 4.41. The van der Waals surface area contributed by atoms with Gasteiger partial charge < -0.3 is 9.88 Å². The van der Waals surface area contributed by atoms with E-state index in [0.717, 1.165) is 12.2 Å². The second-order valence-corrected chi connectivity index (χ2v) is 4.62. The molecule has 0 unspecified atom stereocenters. The molecule has 1 aromatic carbocycles. The summed E-state index contributed by atoms with van der Waals surface area (Å²) in [4.78, 5) is 4.41. The molecule has 90 valence electrons. The molecule has 2 rings (SSSR count). The van der Waals surface area contributed by atoms with Crippen LogP contribution >= 0.6 is 0 Å². The molecule has 0 aliphatic carbocycles. The fourth-order valence-corrected chi connectivity index (χ4v) is 1.79. The Morgan fingerprint density at radius 3 is 2.71 bits per heavy atom. The first-order valence-electron chi connectivity index (χ1n) is 5.96. The molecule has 3 heteroatoms. The Kier molecular flexibility index (Phi) is 3.59. The predicted molar refractivity (Wildman–Crippen MR) is 70.6 cm³/mol. The van der Waals surface area contributed by atoms with Gasteiger partial charge >= 0.3 is 0 Å². The van der Waals surface area contributed by atoms with Gasteiger partial charge in [-0.3, -0.25) is 0 Å². The van der Waals surface area contributed by atoms with Crippen LogP contribution in [0.15, 0.2) is 36.8 Å². The molecule has 0 radical (unpaired) electrons. The number of nitrogens with zero attached hydrogens (tertiary/aromatic N) is 2. The van der Waals surface area contributed by atoms with Gasteiger partial charge in [-0.2, -0.15) is 0 Å². The highest BCUT2D eigenvalue weighted by atomic mass is 15.0. The van der Waals surface area contributed by atoms with E-state index in [-0.39, 0.29) is 0 Å². The Morgan fingerprint density at radius 2 is 2.06 bits per heavy atom. The van der Waals surface area contributed by atoms with Crippen molar-refractivity contribution in [2.24, 2.45) is 7.05 Å². The monoisotopic (exact) mass is 229 g/mol. The van der Waals surface area contributed by atoms with Crippen molar-refractivity contribution in [3.63, 3.8) is 0 Å². The van der Waals surface area contributed by atoms with Gasteiger partial charge in [0.05, 0.1) is 12.0 Å². The molecule has 0 atom stereocenters. The van der Waals surface area contributed by atoms with Gasteiger partial charge in [-0.05, 0) is 5.56 Å². The van der Waals surface area contributed by atoms with Crippen LogP contribution in [-0.2, 0) is 13.6 Å². The summed E-state index contributed by atoms with van der Waals surface area (Å²) in [5, 5.41) is 3.44. The van der Waals surface area contributed by atoms with Crippen LogP contribution in [0, 0.1) is 0 Å². The standard InChI is InChI=1S/C14H19N3/c1-11(2)15-8-12-6-4-5-7-13(12)14-9-17(3)10-16-14/h4-7,9-11,15H,8H2,1-3H3. The zero-order valence-corrected chi connectivity index (χ0v) is 10.6. The maximum Gasteiger partial charge on any atom is 0.0951 e. The summed E-state index contributed by atoms with van der Waals surface area (Å²) in [5.74, 6) is 0. The highest BCUT2D eigenvalue weighted by Crippen LogP contribution is 2.21. The molecule has 0 aliphatic rings. The number of imidazole rings is 1. The van der Waals surface area contributed by atoms with Crippen molar-refractivity contribution < 1.29 is 0 Å². The number of benzene rings is 1. The number of nitrogens with one attached hydrogen (secondary N) is 1. The van der Waals surface area contributed by atoms with Crippen LogP contribution in [0.1, 0.15) is 19.4 Å². The highest BCUT2D eigenvalue weighted by molar-refractivity contribution is 5.62. The molecule has 2 aromatic rings. The van der Waals surface area contributed by atoms with E-state index in [0.29, 0.717) is 6.04 Å². The van der Waals surface area contributed by atoms with Crippen molar-refractivity contribution in [3.05, 3.63) is 42.4 Å². The second kappa shape index (κ2) is 5.15. The first-order valence-corrected chi connectivity index (χ1v) is 5.96. The zero-order valence-electron chi connectivity index (χ0n) is 10.6. The predicted octanol–water partition coefficient (Wildman–Crippen LogP) is 2.59. The summed E-state index contributed by atoms with van der Waals surface area (Å²) < 4.78 is 1.97. The van der Waals surface area contributed by atoms with Gasteiger partial charge in [0.2, 0.25) is 0 Å². The number of aromatic nitrogens is 2. The molecule has 0 fully saturated rings. The lowest BCUT2D eigenvalue weighted by molar-refractivity contribution is 0.589. The van der Waals surface area contributed by atoms with Gasteiger partial charge in [0.15, 0.2) is 0 Å². The molecule has 0 spiro atoms. The molecule has 0 saturated heterocycles.